The van der Waals surface area contributed by atoms with E-state index >= 15 is 0 Å². The minimum Gasteiger partial charge on any atom is -0.352 e. The van der Waals surface area contributed by atoms with Crippen molar-refractivity contribution in [3.8, 4) is 0 Å². The smallest absolute Gasteiger partial charge is 0.232 e. The van der Waals surface area contributed by atoms with Crippen LogP contribution in [-0.4, -0.2) is 55.3 Å². The van der Waals surface area contributed by atoms with E-state index in [0.717, 1.165) is 32.2 Å². The molecule has 2 rings (SSSR count). The minimum atomic E-state index is -3.01. The van der Waals surface area contributed by atoms with Crippen molar-refractivity contribution < 1.29 is 18.0 Å². The first-order chi connectivity index (χ1) is 9.91. The summed E-state index contributed by atoms with van der Waals surface area (Å²) in [5, 5.41) is 2.67. The Morgan fingerprint density at radius 1 is 1.24 bits per heavy atom. The van der Waals surface area contributed by atoms with Crippen LogP contribution in [0.25, 0.3) is 0 Å². The van der Waals surface area contributed by atoms with Crippen LogP contribution >= 0.6 is 0 Å². The third kappa shape index (κ3) is 4.43. The van der Waals surface area contributed by atoms with Gasteiger partial charge in [-0.2, -0.15) is 0 Å². The zero-order valence-electron chi connectivity index (χ0n) is 12.5. The number of hydrogen-bond acceptors (Lipinski definition) is 4. The number of carbonyl (C=O) groups excluding carboxylic acids is 2. The summed E-state index contributed by atoms with van der Waals surface area (Å²) in [7, 11) is -3.01. The molecule has 0 aromatic carbocycles. The molecule has 7 heteroatoms. The van der Waals surface area contributed by atoms with E-state index in [2.05, 4.69) is 12.2 Å². The quantitative estimate of drug-likeness (QED) is 0.764. The Labute approximate surface area is 126 Å². The van der Waals surface area contributed by atoms with Gasteiger partial charge in [0.2, 0.25) is 11.8 Å². The lowest BCUT2D eigenvalue weighted by atomic mass is 9.99. The van der Waals surface area contributed by atoms with Gasteiger partial charge in [-0.25, -0.2) is 8.42 Å². The molecule has 0 aromatic rings. The molecule has 2 saturated heterocycles. The first-order valence-corrected chi connectivity index (χ1v) is 9.52. The number of rotatable bonds is 4. The Kier molecular flexibility index (Phi) is 5.24. The zero-order valence-corrected chi connectivity index (χ0v) is 13.3. The van der Waals surface area contributed by atoms with Crippen molar-refractivity contribution in [3.05, 3.63) is 0 Å². The molecule has 0 spiro atoms. The number of nitrogens with one attached hydrogen (secondary N) is 1. The number of sulfone groups is 1. The van der Waals surface area contributed by atoms with E-state index < -0.39 is 9.84 Å². The van der Waals surface area contributed by atoms with Crippen LogP contribution in [-0.2, 0) is 19.4 Å². The Hall–Kier alpha value is -1.11. The van der Waals surface area contributed by atoms with Crippen molar-refractivity contribution in [2.24, 2.45) is 0 Å². The van der Waals surface area contributed by atoms with Gasteiger partial charge in [-0.3, -0.25) is 9.59 Å². The van der Waals surface area contributed by atoms with E-state index in [-0.39, 0.29) is 41.8 Å². The third-order valence-corrected chi connectivity index (χ3v) is 6.10. The average molecular weight is 316 g/mol. The van der Waals surface area contributed by atoms with E-state index in [9.17, 15) is 18.0 Å². The number of nitrogens with zero attached hydrogens (tertiary/aromatic N) is 1. The predicted octanol–water partition coefficient (Wildman–Crippen LogP) is 0.471. The summed E-state index contributed by atoms with van der Waals surface area (Å²) < 4.78 is 22.7. The fourth-order valence-electron chi connectivity index (χ4n) is 3.18. The second-order valence-corrected chi connectivity index (χ2v) is 8.22. The summed E-state index contributed by atoms with van der Waals surface area (Å²) in [6.07, 6.45) is 4.31. The largest absolute Gasteiger partial charge is 0.352 e. The van der Waals surface area contributed by atoms with Crippen LogP contribution in [0.15, 0.2) is 0 Å². The van der Waals surface area contributed by atoms with Crippen LogP contribution in [0.2, 0.25) is 0 Å². The van der Waals surface area contributed by atoms with Crippen molar-refractivity contribution in [1.82, 2.24) is 10.2 Å². The molecule has 2 unspecified atom stereocenters. The predicted molar refractivity (Wildman–Crippen MR) is 79.5 cm³/mol. The monoisotopic (exact) mass is 316 g/mol. The lowest BCUT2D eigenvalue weighted by Gasteiger charge is -2.35. The lowest BCUT2D eigenvalue weighted by Crippen LogP contribution is -2.46. The Balaban J connectivity index is 1.83. The van der Waals surface area contributed by atoms with Gasteiger partial charge < -0.3 is 10.2 Å². The summed E-state index contributed by atoms with van der Waals surface area (Å²) in [6, 6.07) is -0.0930. The maximum absolute atomic E-state index is 12.2. The highest BCUT2D eigenvalue weighted by Crippen LogP contribution is 2.20. The highest BCUT2D eigenvalue weighted by Gasteiger charge is 2.31. The van der Waals surface area contributed by atoms with Gasteiger partial charge in [0.05, 0.1) is 11.5 Å². The summed E-state index contributed by atoms with van der Waals surface area (Å²) in [5.41, 5.74) is 0. The number of likely N-dealkylation sites (tertiary alicyclic amines) is 1. The Morgan fingerprint density at radius 3 is 2.62 bits per heavy atom. The van der Waals surface area contributed by atoms with E-state index in [1.165, 1.54) is 0 Å². The van der Waals surface area contributed by atoms with Crippen molar-refractivity contribution in [2.75, 3.05) is 18.1 Å². The van der Waals surface area contributed by atoms with Crippen LogP contribution in [0, 0.1) is 0 Å². The first kappa shape index (κ1) is 16.3. The third-order valence-electron chi connectivity index (χ3n) is 4.33. The molecular weight excluding hydrogens is 292 g/mol. The lowest BCUT2D eigenvalue weighted by molar-refractivity contribution is -0.139. The summed E-state index contributed by atoms with van der Waals surface area (Å²) >= 11 is 0. The van der Waals surface area contributed by atoms with Gasteiger partial charge in [0.1, 0.15) is 6.42 Å². The molecular formula is C14H24N2O4S. The van der Waals surface area contributed by atoms with E-state index in [4.69, 9.17) is 0 Å². The van der Waals surface area contributed by atoms with Crippen LogP contribution in [0.4, 0.5) is 0 Å². The van der Waals surface area contributed by atoms with Crippen molar-refractivity contribution in [3.63, 3.8) is 0 Å². The minimum absolute atomic E-state index is 0.00572. The van der Waals surface area contributed by atoms with Gasteiger partial charge >= 0.3 is 0 Å². The number of piperidine rings is 1. The molecule has 0 aromatic heterocycles. The summed E-state index contributed by atoms with van der Waals surface area (Å²) in [4.78, 5) is 25.9. The normalized spacial score (nSPS) is 28.3. The second kappa shape index (κ2) is 6.77. The summed E-state index contributed by atoms with van der Waals surface area (Å²) in [5.74, 6) is -0.383. The van der Waals surface area contributed by atoms with Gasteiger partial charge in [0.25, 0.3) is 0 Å². The highest BCUT2D eigenvalue weighted by molar-refractivity contribution is 7.91. The number of hydrogen-bond donors (Lipinski definition) is 1. The van der Waals surface area contributed by atoms with E-state index in [0.29, 0.717) is 6.42 Å². The molecule has 2 amide bonds. The van der Waals surface area contributed by atoms with E-state index in [1.807, 2.05) is 4.90 Å². The molecule has 2 fully saturated rings. The topological polar surface area (TPSA) is 83.6 Å². The maximum Gasteiger partial charge on any atom is 0.232 e. The number of amides is 2. The SMILES string of the molecule is CCC1CCCCN1C(=O)CC(=O)NC1CCS(=O)(=O)C1. The first-order valence-electron chi connectivity index (χ1n) is 7.70. The van der Waals surface area contributed by atoms with Crippen LogP contribution in [0.3, 0.4) is 0 Å². The molecule has 1 N–H and O–H groups in total. The van der Waals surface area contributed by atoms with Crippen LogP contribution in [0.1, 0.15) is 45.4 Å². The van der Waals surface area contributed by atoms with Crippen molar-refractivity contribution >= 4 is 21.7 Å². The molecule has 2 aliphatic rings. The molecule has 2 atom stereocenters. The molecule has 120 valence electrons. The Morgan fingerprint density at radius 2 is 2.00 bits per heavy atom. The fourth-order valence-corrected chi connectivity index (χ4v) is 4.85. The second-order valence-electron chi connectivity index (χ2n) is 5.99. The maximum atomic E-state index is 12.2. The number of carbonyl (C=O) groups is 2. The molecule has 0 radical (unpaired) electrons. The highest BCUT2D eigenvalue weighted by atomic mass is 32.2. The van der Waals surface area contributed by atoms with E-state index in [1.54, 1.807) is 0 Å². The van der Waals surface area contributed by atoms with Gasteiger partial charge in [0, 0.05) is 18.6 Å². The average Bonchev–Trinajstić information content (AvgIpc) is 2.77. The van der Waals surface area contributed by atoms with Crippen molar-refractivity contribution in [2.45, 2.75) is 57.5 Å². The van der Waals surface area contributed by atoms with Gasteiger partial charge in [-0.1, -0.05) is 6.92 Å². The molecule has 2 heterocycles. The van der Waals surface area contributed by atoms with Gasteiger partial charge in [-0.05, 0) is 32.1 Å². The molecule has 0 aliphatic carbocycles. The molecule has 2 aliphatic heterocycles. The van der Waals surface area contributed by atoms with Gasteiger partial charge in [0.15, 0.2) is 9.84 Å². The van der Waals surface area contributed by atoms with Gasteiger partial charge in [-0.15, -0.1) is 0 Å². The molecule has 6 nitrogen and oxygen atoms in total. The summed E-state index contributed by atoms with van der Waals surface area (Å²) in [6.45, 7) is 2.78. The standard InChI is InChI=1S/C14H24N2O4S/c1-2-12-5-3-4-7-16(12)14(18)9-13(17)15-11-6-8-21(19,20)10-11/h11-12H,2-10H2,1H3,(H,15,17). The molecule has 21 heavy (non-hydrogen) atoms. The fraction of sp³-hybridized carbons (Fsp3) is 0.857. The zero-order chi connectivity index (χ0) is 15.5. The molecule has 0 bridgehead atoms. The van der Waals surface area contributed by atoms with Crippen LogP contribution in [0.5, 0.6) is 0 Å². The molecule has 0 saturated carbocycles. The van der Waals surface area contributed by atoms with Crippen molar-refractivity contribution in [1.29, 1.82) is 0 Å². The van der Waals surface area contributed by atoms with Crippen LogP contribution < -0.4 is 5.32 Å². The Bertz CT molecular complexity index is 503.